The zero-order chi connectivity index (χ0) is 23.4. The van der Waals surface area contributed by atoms with E-state index in [0.717, 1.165) is 9.55 Å². The molecular weight excluding hydrogens is 438 g/mol. The fraction of sp³-hybridized carbons (Fsp3) is 0.500. The standard InChI is InChI=1S/C24H32B2O4S2/c1-21(2)22(3,4)28-25(27-21)19-15-13-17(31-19)11-9-10-12-18-14-16-20(32-18)26-29-23(5,6)24(7,8)30-26/h9-16H,1-8H3. The van der Waals surface area contributed by atoms with Gasteiger partial charge in [0.05, 0.1) is 22.4 Å². The Morgan fingerprint density at radius 2 is 0.875 bits per heavy atom. The summed E-state index contributed by atoms with van der Waals surface area (Å²) in [6.45, 7) is 16.6. The van der Waals surface area contributed by atoms with Crippen molar-refractivity contribution < 1.29 is 18.6 Å². The third-order valence-electron chi connectivity index (χ3n) is 6.90. The number of hydrogen-bond donors (Lipinski definition) is 0. The van der Waals surface area contributed by atoms with Gasteiger partial charge in [-0.05, 0) is 79.7 Å². The molecule has 0 N–H and O–H groups in total. The number of rotatable bonds is 5. The summed E-state index contributed by atoms with van der Waals surface area (Å²) >= 11 is 3.39. The van der Waals surface area contributed by atoms with Gasteiger partial charge in [0.25, 0.3) is 0 Å². The predicted octanol–water partition coefficient (Wildman–Crippen LogP) is 5.13. The van der Waals surface area contributed by atoms with Crippen molar-refractivity contribution in [1.82, 2.24) is 0 Å². The molecule has 2 aromatic heterocycles. The van der Waals surface area contributed by atoms with Crippen molar-refractivity contribution >= 4 is 58.6 Å². The number of hydrogen-bond acceptors (Lipinski definition) is 6. The van der Waals surface area contributed by atoms with Crippen molar-refractivity contribution in [2.24, 2.45) is 0 Å². The first kappa shape index (κ1) is 24.0. The Labute approximate surface area is 200 Å². The van der Waals surface area contributed by atoms with Gasteiger partial charge >= 0.3 is 14.2 Å². The molecule has 4 heterocycles. The molecule has 4 nitrogen and oxygen atoms in total. The Bertz CT molecular complexity index is 918. The Kier molecular flexibility index (Phi) is 6.19. The number of thiophene rings is 2. The van der Waals surface area contributed by atoms with Crippen LogP contribution in [0.25, 0.3) is 12.2 Å². The molecular formula is C24H32B2O4S2. The van der Waals surface area contributed by atoms with Gasteiger partial charge in [-0.25, -0.2) is 0 Å². The first-order chi connectivity index (χ1) is 14.8. The zero-order valence-corrected chi connectivity index (χ0v) is 21.9. The van der Waals surface area contributed by atoms with Gasteiger partial charge < -0.3 is 18.6 Å². The minimum absolute atomic E-state index is 0.304. The predicted molar refractivity (Wildman–Crippen MR) is 138 cm³/mol. The fourth-order valence-corrected chi connectivity index (χ4v) is 5.16. The first-order valence-corrected chi connectivity index (χ1v) is 12.7. The highest BCUT2D eigenvalue weighted by Gasteiger charge is 2.53. The normalized spacial score (nSPS) is 23.8. The third-order valence-corrected chi connectivity index (χ3v) is 9.04. The minimum Gasteiger partial charge on any atom is -0.399 e. The molecule has 0 unspecified atom stereocenters. The Hall–Kier alpha value is -1.15. The van der Waals surface area contributed by atoms with E-state index in [-0.39, 0.29) is 36.6 Å². The Balaban J connectivity index is 1.35. The maximum Gasteiger partial charge on any atom is 0.505 e. The van der Waals surface area contributed by atoms with E-state index in [4.69, 9.17) is 18.6 Å². The van der Waals surface area contributed by atoms with Crippen molar-refractivity contribution in [3.63, 3.8) is 0 Å². The Morgan fingerprint density at radius 3 is 1.19 bits per heavy atom. The summed E-state index contributed by atoms with van der Waals surface area (Å²) in [6.07, 6.45) is 8.35. The lowest BCUT2D eigenvalue weighted by atomic mass is 9.88. The summed E-state index contributed by atoms with van der Waals surface area (Å²) in [4.78, 5) is 2.34. The largest absolute Gasteiger partial charge is 0.505 e. The van der Waals surface area contributed by atoms with Gasteiger partial charge in [0.2, 0.25) is 0 Å². The van der Waals surface area contributed by atoms with Crippen molar-refractivity contribution in [3.8, 4) is 0 Å². The van der Waals surface area contributed by atoms with Gasteiger partial charge in [-0.15, -0.1) is 22.7 Å². The van der Waals surface area contributed by atoms with Gasteiger partial charge in [-0.3, -0.25) is 0 Å². The molecule has 2 aromatic rings. The maximum atomic E-state index is 6.15. The molecule has 0 spiro atoms. The molecule has 2 aliphatic heterocycles. The van der Waals surface area contributed by atoms with Crippen LogP contribution in [0.3, 0.4) is 0 Å². The average Bonchev–Trinajstić information content (AvgIpc) is 3.40. The van der Waals surface area contributed by atoms with Crippen LogP contribution < -0.4 is 9.55 Å². The molecule has 0 atom stereocenters. The highest BCUT2D eigenvalue weighted by atomic mass is 32.1. The van der Waals surface area contributed by atoms with Crippen molar-refractivity contribution in [2.45, 2.75) is 77.8 Å². The molecule has 0 radical (unpaired) electrons. The second-order valence-electron chi connectivity index (χ2n) is 10.4. The fourth-order valence-electron chi connectivity index (χ4n) is 3.39. The second kappa shape index (κ2) is 8.26. The van der Waals surface area contributed by atoms with Crippen LogP contribution in [-0.4, -0.2) is 36.6 Å². The van der Waals surface area contributed by atoms with Crippen LogP contribution in [-0.2, 0) is 18.6 Å². The molecule has 0 saturated carbocycles. The molecule has 0 amide bonds. The van der Waals surface area contributed by atoms with Gasteiger partial charge in [0.1, 0.15) is 0 Å². The smallest absolute Gasteiger partial charge is 0.399 e. The lowest BCUT2D eigenvalue weighted by molar-refractivity contribution is 0.00578. The Morgan fingerprint density at radius 1 is 0.562 bits per heavy atom. The lowest BCUT2D eigenvalue weighted by Crippen LogP contribution is -2.41. The van der Waals surface area contributed by atoms with Gasteiger partial charge in [0, 0.05) is 19.3 Å². The quantitative estimate of drug-likeness (QED) is 0.449. The molecule has 2 aliphatic rings. The van der Waals surface area contributed by atoms with Gasteiger partial charge in [-0.2, -0.15) is 0 Å². The van der Waals surface area contributed by atoms with E-state index < -0.39 is 0 Å². The zero-order valence-electron chi connectivity index (χ0n) is 20.2. The van der Waals surface area contributed by atoms with Gasteiger partial charge in [-0.1, -0.05) is 24.3 Å². The molecule has 170 valence electrons. The van der Waals surface area contributed by atoms with Crippen LogP contribution in [0.2, 0.25) is 0 Å². The first-order valence-electron chi connectivity index (χ1n) is 11.1. The molecule has 0 aromatic carbocycles. The van der Waals surface area contributed by atoms with E-state index in [1.807, 2.05) is 0 Å². The van der Waals surface area contributed by atoms with Crippen molar-refractivity contribution in [2.75, 3.05) is 0 Å². The monoisotopic (exact) mass is 470 g/mol. The van der Waals surface area contributed by atoms with Crippen molar-refractivity contribution in [1.29, 1.82) is 0 Å². The van der Waals surface area contributed by atoms with Crippen LogP contribution in [0.1, 0.15) is 65.1 Å². The third kappa shape index (κ3) is 4.59. The molecule has 0 bridgehead atoms. The van der Waals surface area contributed by atoms with E-state index in [1.165, 1.54) is 9.75 Å². The summed E-state index contributed by atoms with van der Waals surface area (Å²) in [5, 5.41) is 0. The molecule has 4 rings (SSSR count). The van der Waals surface area contributed by atoms with E-state index >= 15 is 0 Å². The summed E-state index contributed by atoms with van der Waals surface area (Å²) in [5.41, 5.74) is -1.28. The SMILES string of the molecule is CC1(C)OB(c2ccc(C=CC=Cc3ccc(B4OC(C)(C)C(C)(C)O4)s3)s2)OC1(C)C. The van der Waals surface area contributed by atoms with Crippen LogP contribution in [0, 0.1) is 0 Å². The number of allylic oxidation sites excluding steroid dienone is 2. The van der Waals surface area contributed by atoms with Crippen LogP contribution in [0.4, 0.5) is 0 Å². The van der Waals surface area contributed by atoms with E-state index in [2.05, 4.69) is 104 Å². The molecule has 2 saturated heterocycles. The maximum absolute atomic E-state index is 6.15. The summed E-state index contributed by atoms with van der Waals surface area (Å²) in [5.74, 6) is 0. The summed E-state index contributed by atoms with van der Waals surface area (Å²) in [7, 11) is -0.607. The topological polar surface area (TPSA) is 36.9 Å². The summed E-state index contributed by atoms with van der Waals surface area (Å²) < 4.78 is 26.8. The highest BCUT2D eigenvalue weighted by molar-refractivity contribution is 7.23. The van der Waals surface area contributed by atoms with Gasteiger partial charge in [0.15, 0.2) is 0 Å². The van der Waals surface area contributed by atoms with Crippen LogP contribution in [0.5, 0.6) is 0 Å². The second-order valence-corrected chi connectivity index (χ2v) is 12.7. The van der Waals surface area contributed by atoms with E-state index in [0.29, 0.717) is 0 Å². The van der Waals surface area contributed by atoms with Crippen LogP contribution >= 0.6 is 22.7 Å². The highest BCUT2D eigenvalue weighted by Crippen LogP contribution is 2.38. The average molecular weight is 470 g/mol. The van der Waals surface area contributed by atoms with Crippen molar-refractivity contribution in [3.05, 3.63) is 46.2 Å². The molecule has 2 fully saturated rings. The molecule has 0 aliphatic carbocycles. The van der Waals surface area contributed by atoms with E-state index in [9.17, 15) is 0 Å². The summed E-state index contributed by atoms with van der Waals surface area (Å²) in [6, 6.07) is 8.40. The molecule has 32 heavy (non-hydrogen) atoms. The molecule has 8 heteroatoms. The minimum atomic E-state index is -0.319. The lowest BCUT2D eigenvalue weighted by Gasteiger charge is -2.32. The van der Waals surface area contributed by atoms with E-state index in [1.54, 1.807) is 22.7 Å². The van der Waals surface area contributed by atoms with Crippen LogP contribution in [0.15, 0.2) is 36.4 Å².